The molecule has 5 heterocycles. The summed E-state index contributed by atoms with van der Waals surface area (Å²) >= 11 is 5.68. The highest BCUT2D eigenvalue weighted by molar-refractivity contribution is 6.29. The van der Waals surface area contributed by atoms with Crippen LogP contribution in [0.1, 0.15) is 12.8 Å². The maximum Gasteiger partial charge on any atom is 0.150 e. The summed E-state index contributed by atoms with van der Waals surface area (Å²) in [4.78, 5) is 34.7. The predicted molar refractivity (Wildman–Crippen MR) is 134 cm³/mol. The first-order valence-electron chi connectivity index (χ1n) is 11.0. The fourth-order valence-corrected chi connectivity index (χ4v) is 3.52. The van der Waals surface area contributed by atoms with Crippen molar-refractivity contribution in [3.8, 4) is 0 Å². The molecule has 5 rings (SSSR count). The van der Waals surface area contributed by atoms with Gasteiger partial charge in [0.2, 0.25) is 0 Å². The van der Waals surface area contributed by atoms with Gasteiger partial charge >= 0.3 is 0 Å². The third-order valence-electron chi connectivity index (χ3n) is 5.20. The van der Waals surface area contributed by atoms with Gasteiger partial charge in [-0.05, 0) is 25.3 Å². The van der Waals surface area contributed by atoms with Crippen molar-refractivity contribution in [2.75, 3.05) is 35.2 Å². The van der Waals surface area contributed by atoms with Crippen LogP contribution in [0.4, 0.5) is 29.1 Å². The van der Waals surface area contributed by atoms with Gasteiger partial charge in [0, 0.05) is 50.0 Å². The molecule has 180 valence electrons. The Balaban J connectivity index is 0.000000179. The minimum atomic E-state index is 0.381. The van der Waals surface area contributed by atoms with Gasteiger partial charge in [-0.1, -0.05) is 11.6 Å². The molecule has 0 atom stereocenters. The van der Waals surface area contributed by atoms with E-state index in [0.29, 0.717) is 28.5 Å². The summed E-state index contributed by atoms with van der Waals surface area (Å²) in [6, 6.07) is 3.55. The smallest absolute Gasteiger partial charge is 0.150 e. The summed E-state index contributed by atoms with van der Waals surface area (Å²) in [6.45, 7) is 2.75. The molecule has 0 saturated carbocycles. The van der Waals surface area contributed by atoms with Gasteiger partial charge in [-0.15, -0.1) is 0 Å². The predicted octanol–water partition coefficient (Wildman–Crippen LogP) is 2.85. The van der Waals surface area contributed by atoms with E-state index in [1.165, 1.54) is 6.33 Å². The SMILES string of the molecule is Clc1cc(Nc2cnccn2)ncn1.NCC1CCN(c2cc(Nc3cnccn3)ncn2)CC1. The maximum atomic E-state index is 5.73. The van der Waals surface area contributed by atoms with Gasteiger partial charge in [-0.25, -0.2) is 29.9 Å². The monoisotopic (exact) mass is 492 g/mol. The molecule has 0 radical (unpaired) electrons. The third kappa shape index (κ3) is 7.48. The lowest BCUT2D eigenvalue weighted by molar-refractivity contribution is 0.413. The zero-order valence-corrected chi connectivity index (χ0v) is 19.6. The van der Waals surface area contributed by atoms with E-state index in [1.54, 1.807) is 49.6 Å². The maximum absolute atomic E-state index is 5.73. The van der Waals surface area contributed by atoms with E-state index in [4.69, 9.17) is 17.3 Å². The molecule has 4 aromatic heterocycles. The molecule has 12 nitrogen and oxygen atoms in total. The van der Waals surface area contributed by atoms with Crippen LogP contribution in [-0.2, 0) is 0 Å². The summed E-state index contributed by atoms with van der Waals surface area (Å²) in [6.07, 6.45) is 14.9. The number of nitrogens with zero attached hydrogens (tertiary/aromatic N) is 9. The Morgan fingerprint density at radius 1 is 0.771 bits per heavy atom. The molecule has 0 amide bonds. The van der Waals surface area contributed by atoms with Crippen LogP contribution in [0, 0.1) is 5.92 Å². The minimum absolute atomic E-state index is 0.381. The number of halogens is 1. The van der Waals surface area contributed by atoms with Gasteiger partial charge in [0.05, 0.1) is 12.4 Å². The van der Waals surface area contributed by atoms with Gasteiger partial charge < -0.3 is 21.3 Å². The van der Waals surface area contributed by atoms with Gasteiger partial charge in [0.25, 0.3) is 0 Å². The van der Waals surface area contributed by atoms with E-state index in [0.717, 1.165) is 44.1 Å². The summed E-state index contributed by atoms with van der Waals surface area (Å²) in [7, 11) is 0. The van der Waals surface area contributed by atoms with Crippen molar-refractivity contribution in [1.29, 1.82) is 0 Å². The number of hydrogen-bond acceptors (Lipinski definition) is 12. The Hall–Kier alpha value is -4.03. The zero-order valence-electron chi connectivity index (χ0n) is 18.9. The normalized spacial score (nSPS) is 13.5. The summed E-state index contributed by atoms with van der Waals surface area (Å²) < 4.78 is 0. The number of rotatable bonds is 6. The highest BCUT2D eigenvalue weighted by Gasteiger charge is 2.19. The summed E-state index contributed by atoms with van der Waals surface area (Å²) in [5.74, 6) is 4.17. The fraction of sp³-hybridized carbons (Fsp3) is 0.273. The second kappa shape index (κ2) is 12.4. The van der Waals surface area contributed by atoms with E-state index in [1.807, 2.05) is 6.07 Å². The molecule has 13 heteroatoms. The van der Waals surface area contributed by atoms with Gasteiger partial charge in [-0.2, -0.15) is 0 Å². The van der Waals surface area contributed by atoms with Crippen LogP contribution < -0.4 is 21.3 Å². The molecule has 0 aliphatic carbocycles. The molecule has 1 aliphatic rings. The van der Waals surface area contributed by atoms with Crippen LogP contribution in [-0.4, -0.2) is 59.5 Å². The molecule has 0 spiro atoms. The lowest BCUT2D eigenvalue weighted by Crippen LogP contribution is -2.36. The second-order valence-electron chi connectivity index (χ2n) is 7.58. The molecule has 4 aromatic rings. The third-order valence-corrected chi connectivity index (χ3v) is 5.40. The summed E-state index contributed by atoms with van der Waals surface area (Å²) in [5, 5.41) is 6.45. The van der Waals surface area contributed by atoms with Crippen molar-refractivity contribution < 1.29 is 0 Å². The van der Waals surface area contributed by atoms with Gasteiger partial charge in [0.1, 0.15) is 46.9 Å². The molecule has 0 unspecified atom stereocenters. The van der Waals surface area contributed by atoms with E-state index in [2.05, 4.69) is 55.4 Å². The molecule has 1 fully saturated rings. The molecule has 1 aliphatic heterocycles. The Kier molecular flexibility index (Phi) is 8.57. The highest BCUT2D eigenvalue weighted by atomic mass is 35.5. The van der Waals surface area contributed by atoms with E-state index in [-0.39, 0.29) is 0 Å². The van der Waals surface area contributed by atoms with Crippen LogP contribution >= 0.6 is 11.6 Å². The molecule has 1 saturated heterocycles. The second-order valence-corrected chi connectivity index (χ2v) is 7.97. The molecular formula is C22H25ClN12. The van der Waals surface area contributed by atoms with Gasteiger partial charge in [-0.3, -0.25) is 9.97 Å². The van der Waals surface area contributed by atoms with Crippen LogP contribution in [0.3, 0.4) is 0 Å². The lowest BCUT2D eigenvalue weighted by atomic mass is 9.97. The van der Waals surface area contributed by atoms with Crippen molar-refractivity contribution in [3.63, 3.8) is 0 Å². The van der Waals surface area contributed by atoms with E-state index in [9.17, 15) is 0 Å². The van der Waals surface area contributed by atoms with Crippen molar-refractivity contribution >= 4 is 40.7 Å². The first kappa shape index (κ1) is 24.1. The fourth-order valence-electron chi connectivity index (χ4n) is 3.38. The number of nitrogens with two attached hydrogens (primary N) is 1. The van der Waals surface area contributed by atoms with Crippen molar-refractivity contribution in [2.45, 2.75) is 12.8 Å². The van der Waals surface area contributed by atoms with Gasteiger partial charge in [0.15, 0.2) is 0 Å². The Labute approximate surface area is 207 Å². The average Bonchev–Trinajstić information content (AvgIpc) is 2.91. The van der Waals surface area contributed by atoms with E-state index < -0.39 is 0 Å². The number of hydrogen-bond donors (Lipinski definition) is 3. The molecule has 35 heavy (non-hydrogen) atoms. The van der Waals surface area contributed by atoms with Crippen LogP contribution in [0.25, 0.3) is 0 Å². The Morgan fingerprint density at radius 3 is 1.91 bits per heavy atom. The topological polar surface area (TPSA) is 156 Å². The molecule has 4 N–H and O–H groups in total. The quantitative estimate of drug-likeness (QED) is 0.338. The number of anilines is 5. The standard InChI is InChI=1S/C14H19N7.C8H6ClN5/c15-8-11-1-5-21(6-2-11)14-7-12(18-10-19-14)20-13-9-16-3-4-17-13;9-6-3-7(13-5-12-6)14-8-4-10-1-2-11-8/h3-4,7,9-11H,1-2,5-6,8,15H2,(H,17,18,19,20);1-5H,(H,11,12,13,14). The first-order chi connectivity index (χ1) is 17.2. The van der Waals surface area contributed by atoms with Crippen LogP contribution in [0.2, 0.25) is 5.15 Å². The lowest BCUT2D eigenvalue weighted by Gasteiger charge is -2.32. The van der Waals surface area contributed by atoms with Crippen LogP contribution in [0.5, 0.6) is 0 Å². The molecular weight excluding hydrogens is 468 g/mol. The molecule has 0 bridgehead atoms. The Morgan fingerprint density at radius 2 is 1.37 bits per heavy atom. The summed E-state index contributed by atoms with van der Waals surface area (Å²) in [5.41, 5.74) is 5.73. The Bertz CT molecular complexity index is 1170. The minimum Gasteiger partial charge on any atom is -0.356 e. The zero-order chi connectivity index (χ0) is 24.3. The first-order valence-corrected chi connectivity index (χ1v) is 11.4. The largest absolute Gasteiger partial charge is 0.356 e. The number of nitrogens with one attached hydrogen (secondary N) is 2. The average molecular weight is 493 g/mol. The van der Waals surface area contributed by atoms with Crippen molar-refractivity contribution in [3.05, 3.63) is 67.1 Å². The number of aromatic nitrogens is 8. The highest BCUT2D eigenvalue weighted by Crippen LogP contribution is 2.23. The van der Waals surface area contributed by atoms with Crippen molar-refractivity contribution in [1.82, 2.24) is 39.9 Å². The van der Waals surface area contributed by atoms with Crippen molar-refractivity contribution in [2.24, 2.45) is 11.7 Å². The van der Waals surface area contributed by atoms with Crippen LogP contribution in [0.15, 0.2) is 62.0 Å². The van der Waals surface area contributed by atoms with E-state index >= 15 is 0 Å². The molecule has 0 aromatic carbocycles. The number of piperidine rings is 1.